The lowest BCUT2D eigenvalue weighted by molar-refractivity contribution is 0.636. The van der Waals surface area contributed by atoms with Crippen LogP contribution < -0.4 is 11.3 Å². The van der Waals surface area contributed by atoms with Gasteiger partial charge < -0.3 is 0 Å². The number of nitrogens with two attached hydrogens (primary N) is 1. The van der Waals surface area contributed by atoms with Gasteiger partial charge in [-0.3, -0.25) is 5.84 Å². The zero-order chi connectivity index (χ0) is 11.4. The van der Waals surface area contributed by atoms with E-state index in [1.165, 1.54) is 0 Å². The van der Waals surface area contributed by atoms with Gasteiger partial charge in [-0.1, -0.05) is 58.4 Å². The van der Waals surface area contributed by atoms with Crippen LogP contribution in [0.5, 0.6) is 0 Å². The van der Waals surface area contributed by atoms with Crippen LogP contribution in [0.4, 0.5) is 0 Å². The quantitative estimate of drug-likeness (QED) is 0.668. The van der Waals surface area contributed by atoms with Crippen LogP contribution in [0, 0.1) is 0 Å². The summed E-state index contributed by atoms with van der Waals surface area (Å²) in [7, 11) is 0. The number of nitrogens with one attached hydrogen (secondary N) is 1. The molecule has 2 aromatic rings. The number of hydrazine groups is 1. The third kappa shape index (κ3) is 2.50. The lowest BCUT2D eigenvalue weighted by Crippen LogP contribution is -2.28. The van der Waals surface area contributed by atoms with E-state index >= 15 is 0 Å². The predicted octanol–water partition coefficient (Wildman–Crippen LogP) is 3.00. The number of halogens is 1. The molecule has 3 heteroatoms. The first-order valence-corrected chi connectivity index (χ1v) is 5.87. The largest absolute Gasteiger partial charge is 0.271 e. The molecule has 0 aliphatic rings. The van der Waals surface area contributed by atoms with Crippen molar-refractivity contribution in [2.45, 2.75) is 6.04 Å². The maximum absolute atomic E-state index is 5.62. The van der Waals surface area contributed by atoms with Gasteiger partial charge in [0.25, 0.3) is 0 Å². The molecule has 2 rings (SSSR count). The zero-order valence-corrected chi connectivity index (χ0v) is 10.3. The minimum absolute atomic E-state index is 0.0266. The first-order valence-electron chi connectivity index (χ1n) is 5.08. The van der Waals surface area contributed by atoms with Crippen molar-refractivity contribution >= 4 is 15.9 Å². The molecular formula is C13H13BrN2. The summed E-state index contributed by atoms with van der Waals surface area (Å²) in [5.41, 5.74) is 5.14. The van der Waals surface area contributed by atoms with Crippen molar-refractivity contribution in [3.63, 3.8) is 0 Å². The molecule has 0 saturated carbocycles. The molecule has 0 amide bonds. The van der Waals surface area contributed by atoms with E-state index in [9.17, 15) is 0 Å². The van der Waals surface area contributed by atoms with Crippen molar-refractivity contribution in [3.05, 3.63) is 70.2 Å². The fraction of sp³-hybridized carbons (Fsp3) is 0.0769. The topological polar surface area (TPSA) is 38.0 Å². The minimum Gasteiger partial charge on any atom is -0.271 e. The fourth-order valence-electron chi connectivity index (χ4n) is 1.72. The summed E-state index contributed by atoms with van der Waals surface area (Å²) in [6.45, 7) is 0. The molecule has 82 valence electrons. The molecule has 0 fully saturated rings. The van der Waals surface area contributed by atoms with Gasteiger partial charge in [0, 0.05) is 4.47 Å². The Morgan fingerprint density at radius 3 is 2.25 bits per heavy atom. The highest BCUT2D eigenvalue weighted by Gasteiger charge is 2.11. The smallest absolute Gasteiger partial charge is 0.0710 e. The summed E-state index contributed by atoms with van der Waals surface area (Å²) in [6, 6.07) is 18.3. The van der Waals surface area contributed by atoms with Crippen molar-refractivity contribution in [3.8, 4) is 0 Å². The Balaban J connectivity index is 2.37. The third-order valence-electron chi connectivity index (χ3n) is 2.48. The van der Waals surface area contributed by atoms with Crippen LogP contribution in [0.25, 0.3) is 0 Å². The maximum Gasteiger partial charge on any atom is 0.0710 e. The fourth-order valence-corrected chi connectivity index (χ4v) is 2.13. The van der Waals surface area contributed by atoms with E-state index in [0.717, 1.165) is 15.6 Å². The second kappa shape index (κ2) is 5.25. The van der Waals surface area contributed by atoms with Crippen LogP contribution in [0.1, 0.15) is 17.2 Å². The SMILES string of the molecule is NN[C@@H](c1ccccc1)c1cccc(Br)c1. The molecule has 0 aliphatic carbocycles. The van der Waals surface area contributed by atoms with Crippen molar-refractivity contribution in [1.82, 2.24) is 5.43 Å². The summed E-state index contributed by atoms with van der Waals surface area (Å²) in [6.07, 6.45) is 0. The third-order valence-corrected chi connectivity index (χ3v) is 2.97. The highest BCUT2D eigenvalue weighted by atomic mass is 79.9. The lowest BCUT2D eigenvalue weighted by atomic mass is 10.00. The Kier molecular flexibility index (Phi) is 3.72. The average Bonchev–Trinajstić information content (AvgIpc) is 2.31. The Morgan fingerprint density at radius 2 is 1.62 bits per heavy atom. The van der Waals surface area contributed by atoms with Crippen LogP contribution in [0.2, 0.25) is 0 Å². The van der Waals surface area contributed by atoms with Crippen LogP contribution in [-0.4, -0.2) is 0 Å². The number of benzene rings is 2. The first-order chi connectivity index (χ1) is 7.81. The summed E-state index contributed by atoms with van der Waals surface area (Å²) < 4.78 is 1.06. The molecular weight excluding hydrogens is 264 g/mol. The molecule has 3 N–H and O–H groups in total. The molecule has 0 saturated heterocycles. The molecule has 1 atom stereocenters. The normalized spacial score (nSPS) is 12.4. The summed E-state index contributed by atoms with van der Waals surface area (Å²) >= 11 is 3.46. The number of hydrogen-bond acceptors (Lipinski definition) is 2. The Morgan fingerprint density at radius 1 is 0.938 bits per heavy atom. The van der Waals surface area contributed by atoms with E-state index in [4.69, 9.17) is 5.84 Å². The number of hydrogen-bond donors (Lipinski definition) is 2. The second-order valence-electron chi connectivity index (χ2n) is 3.57. The van der Waals surface area contributed by atoms with E-state index in [1.54, 1.807) is 0 Å². The molecule has 0 aliphatic heterocycles. The van der Waals surface area contributed by atoms with Gasteiger partial charge in [-0.2, -0.15) is 0 Å². The second-order valence-corrected chi connectivity index (χ2v) is 4.48. The molecule has 0 bridgehead atoms. The van der Waals surface area contributed by atoms with Gasteiger partial charge in [-0.05, 0) is 23.3 Å². The van der Waals surface area contributed by atoms with E-state index in [1.807, 2.05) is 30.3 Å². The zero-order valence-electron chi connectivity index (χ0n) is 8.73. The standard InChI is InChI=1S/C13H13BrN2/c14-12-8-4-7-11(9-12)13(16-15)10-5-2-1-3-6-10/h1-9,13,16H,15H2/t13-/m0/s1. The van der Waals surface area contributed by atoms with E-state index in [0.29, 0.717) is 0 Å². The van der Waals surface area contributed by atoms with Gasteiger partial charge in [0.15, 0.2) is 0 Å². The van der Waals surface area contributed by atoms with Crippen molar-refractivity contribution < 1.29 is 0 Å². The Labute approximate surface area is 104 Å². The van der Waals surface area contributed by atoms with Gasteiger partial charge >= 0.3 is 0 Å². The van der Waals surface area contributed by atoms with Crippen molar-refractivity contribution in [1.29, 1.82) is 0 Å². The molecule has 16 heavy (non-hydrogen) atoms. The molecule has 2 aromatic carbocycles. The highest BCUT2D eigenvalue weighted by molar-refractivity contribution is 9.10. The monoisotopic (exact) mass is 276 g/mol. The van der Waals surface area contributed by atoms with Crippen LogP contribution in [-0.2, 0) is 0 Å². The van der Waals surface area contributed by atoms with Gasteiger partial charge in [0.2, 0.25) is 0 Å². The van der Waals surface area contributed by atoms with Crippen LogP contribution in [0.3, 0.4) is 0 Å². The van der Waals surface area contributed by atoms with Crippen molar-refractivity contribution in [2.24, 2.45) is 5.84 Å². The lowest BCUT2D eigenvalue weighted by Gasteiger charge is -2.16. The van der Waals surface area contributed by atoms with E-state index < -0.39 is 0 Å². The van der Waals surface area contributed by atoms with Crippen molar-refractivity contribution in [2.75, 3.05) is 0 Å². The summed E-state index contributed by atoms with van der Waals surface area (Å²) in [5.74, 6) is 5.62. The first kappa shape index (κ1) is 11.3. The van der Waals surface area contributed by atoms with Crippen LogP contribution >= 0.6 is 15.9 Å². The molecule has 0 heterocycles. The average molecular weight is 277 g/mol. The molecule has 0 aromatic heterocycles. The Hall–Kier alpha value is -1.16. The van der Waals surface area contributed by atoms with Gasteiger partial charge in [0.1, 0.15) is 0 Å². The van der Waals surface area contributed by atoms with Gasteiger partial charge in [0.05, 0.1) is 6.04 Å². The van der Waals surface area contributed by atoms with Gasteiger partial charge in [-0.15, -0.1) is 0 Å². The number of rotatable bonds is 3. The summed E-state index contributed by atoms with van der Waals surface area (Å²) in [5, 5.41) is 0. The van der Waals surface area contributed by atoms with E-state index in [2.05, 4.69) is 45.6 Å². The van der Waals surface area contributed by atoms with Gasteiger partial charge in [-0.25, -0.2) is 5.43 Å². The molecule has 0 unspecified atom stereocenters. The van der Waals surface area contributed by atoms with E-state index in [-0.39, 0.29) is 6.04 Å². The minimum atomic E-state index is 0.0266. The molecule has 2 nitrogen and oxygen atoms in total. The molecule has 0 spiro atoms. The Bertz CT molecular complexity index is 456. The predicted molar refractivity (Wildman–Crippen MR) is 69.8 cm³/mol. The molecule has 0 radical (unpaired) electrons. The summed E-state index contributed by atoms with van der Waals surface area (Å²) in [4.78, 5) is 0. The highest BCUT2D eigenvalue weighted by Crippen LogP contribution is 2.23. The maximum atomic E-state index is 5.62. The van der Waals surface area contributed by atoms with Crippen LogP contribution in [0.15, 0.2) is 59.1 Å².